The summed E-state index contributed by atoms with van der Waals surface area (Å²) in [5.74, 6) is 3.26. The fourth-order valence-corrected chi connectivity index (χ4v) is 4.46. The van der Waals surface area contributed by atoms with E-state index < -0.39 is 0 Å². The average Bonchev–Trinajstić information content (AvgIpc) is 3.46. The molecule has 1 aromatic heterocycles. The van der Waals surface area contributed by atoms with Crippen molar-refractivity contribution >= 4 is 23.6 Å². The maximum Gasteiger partial charge on any atom is 0.232 e. The van der Waals surface area contributed by atoms with Crippen molar-refractivity contribution in [2.24, 2.45) is 5.92 Å². The van der Waals surface area contributed by atoms with Crippen molar-refractivity contribution in [1.29, 1.82) is 0 Å². The molecule has 1 saturated carbocycles. The molecule has 27 heavy (non-hydrogen) atoms. The summed E-state index contributed by atoms with van der Waals surface area (Å²) in [5.41, 5.74) is 2.96. The zero-order chi connectivity index (χ0) is 18.8. The Kier molecular flexibility index (Phi) is 5.43. The fourth-order valence-electron chi connectivity index (χ4n) is 3.56. The standard InChI is InChI=1S/C21H27N3O2S/c1-15(2)20(25)24(17-8-9-17)14-18-19(16-6-4-3-5-7-16)22-26-21(18)23-10-12-27-13-11-23/h3-7,15,17H,8-14H2,1-2H3. The van der Waals surface area contributed by atoms with Gasteiger partial charge >= 0.3 is 0 Å². The molecular formula is C21H27N3O2S. The molecule has 0 bridgehead atoms. The highest BCUT2D eigenvalue weighted by atomic mass is 32.2. The number of nitrogens with zero attached hydrogens (tertiary/aromatic N) is 3. The molecule has 0 radical (unpaired) electrons. The molecule has 144 valence electrons. The molecular weight excluding hydrogens is 358 g/mol. The van der Waals surface area contributed by atoms with Gasteiger partial charge in [-0.25, -0.2) is 0 Å². The fraction of sp³-hybridized carbons (Fsp3) is 0.524. The van der Waals surface area contributed by atoms with Gasteiger partial charge in [-0.2, -0.15) is 11.8 Å². The Bertz CT molecular complexity index is 780. The van der Waals surface area contributed by atoms with Crippen LogP contribution in [0.5, 0.6) is 0 Å². The van der Waals surface area contributed by atoms with Crippen molar-refractivity contribution < 1.29 is 9.32 Å². The average molecular weight is 386 g/mol. The molecule has 5 nitrogen and oxygen atoms in total. The number of hydrogen-bond acceptors (Lipinski definition) is 5. The van der Waals surface area contributed by atoms with E-state index in [2.05, 4.69) is 22.2 Å². The van der Waals surface area contributed by atoms with Crippen molar-refractivity contribution in [2.45, 2.75) is 39.3 Å². The highest BCUT2D eigenvalue weighted by Gasteiger charge is 2.36. The zero-order valence-electron chi connectivity index (χ0n) is 16.1. The first-order chi connectivity index (χ1) is 13.1. The Morgan fingerprint density at radius 3 is 2.59 bits per heavy atom. The van der Waals surface area contributed by atoms with Gasteiger partial charge in [0, 0.05) is 42.1 Å². The molecule has 0 spiro atoms. The van der Waals surface area contributed by atoms with E-state index in [1.807, 2.05) is 48.7 Å². The molecule has 2 aromatic rings. The van der Waals surface area contributed by atoms with E-state index in [-0.39, 0.29) is 11.8 Å². The summed E-state index contributed by atoms with van der Waals surface area (Å²) in [4.78, 5) is 17.2. The van der Waals surface area contributed by atoms with Crippen LogP contribution in [0.4, 0.5) is 5.88 Å². The Morgan fingerprint density at radius 1 is 1.26 bits per heavy atom. The van der Waals surface area contributed by atoms with Gasteiger partial charge in [-0.3, -0.25) is 4.79 Å². The smallest absolute Gasteiger partial charge is 0.232 e. The van der Waals surface area contributed by atoms with Gasteiger partial charge < -0.3 is 14.3 Å². The molecule has 1 aromatic carbocycles. The van der Waals surface area contributed by atoms with Crippen LogP contribution in [0.25, 0.3) is 11.3 Å². The number of thioether (sulfide) groups is 1. The molecule has 6 heteroatoms. The zero-order valence-corrected chi connectivity index (χ0v) is 16.9. The van der Waals surface area contributed by atoms with E-state index in [0.29, 0.717) is 12.6 Å². The van der Waals surface area contributed by atoms with Crippen molar-refractivity contribution in [1.82, 2.24) is 10.1 Å². The second-order valence-corrected chi connectivity index (χ2v) is 8.86. The van der Waals surface area contributed by atoms with Crippen LogP contribution in [0, 0.1) is 5.92 Å². The van der Waals surface area contributed by atoms with Crippen molar-refractivity contribution in [3.05, 3.63) is 35.9 Å². The highest BCUT2D eigenvalue weighted by Crippen LogP contribution is 2.37. The minimum atomic E-state index is 0.000437. The maximum atomic E-state index is 12.8. The molecule has 0 unspecified atom stereocenters. The predicted octanol–water partition coefficient (Wildman–Crippen LogP) is 4.04. The lowest BCUT2D eigenvalue weighted by atomic mass is 10.1. The lowest BCUT2D eigenvalue weighted by Crippen LogP contribution is -2.37. The summed E-state index contributed by atoms with van der Waals surface area (Å²) in [5, 5.41) is 4.44. The number of anilines is 1. The number of amides is 1. The quantitative estimate of drug-likeness (QED) is 0.751. The largest absolute Gasteiger partial charge is 0.339 e. The van der Waals surface area contributed by atoms with E-state index in [9.17, 15) is 4.79 Å². The SMILES string of the molecule is CC(C)C(=O)N(Cc1c(-c2ccccc2)noc1N1CCSCC1)C1CC1. The number of benzene rings is 1. The second-order valence-electron chi connectivity index (χ2n) is 7.63. The predicted molar refractivity (Wildman–Crippen MR) is 110 cm³/mol. The van der Waals surface area contributed by atoms with Crippen LogP contribution < -0.4 is 4.90 Å². The Labute approximate surface area is 165 Å². The highest BCUT2D eigenvalue weighted by molar-refractivity contribution is 7.99. The van der Waals surface area contributed by atoms with Gasteiger partial charge in [0.05, 0.1) is 12.1 Å². The monoisotopic (exact) mass is 385 g/mol. The van der Waals surface area contributed by atoms with E-state index in [0.717, 1.165) is 60.1 Å². The van der Waals surface area contributed by atoms with Crippen LogP contribution in [0.2, 0.25) is 0 Å². The van der Waals surface area contributed by atoms with E-state index >= 15 is 0 Å². The summed E-state index contributed by atoms with van der Waals surface area (Å²) >= 11 is 1.97. The molecule has 2 aliphatic rings. The van der Waals surface area contributed by atoms with E-state index in [4.69, 9.17) is 4.52 Å². The Morgan fingerprint density at radius 2 is 1.96 bits per heavy atom. The summed E-state index contributed by atoms with van der Waals surface area (Å²) in [7, 11) is 0. The van der Waals surface area contributed by atoms with Crippen molar-refractivity contribution in [2.75, 3.05) is 29.5 Å². The number of aromatic nitrogens is 1. The van der Waals surface area contributed by atoms with Crippen LogP contribution >= 0.6 is 11.8 Å². The number of hydrogen-bond donors (Lipinski definition) is 0. The molecule has 2 heterocycles. The van der Waals surface area contributed by atoms with Gasteiger partial charge in [0.1, 0.15) is 5.69 Å². The maximum absolute atomic E-state index is 12.8. The second kappa shape index (κ2) is 7.97. The first-order valence-electron chi connectivity index (χ1n) is 9.82. The summed E-state index contributed by atoms with van der Waals surface area (Å²) in [6.07, 6.45) is 2.19. The first kappa shape index (κ1) is 18.4. The molecule has 1 amide bonds. The topological polar surface area (TPSA) is 49.6 Å². The molecule has 1 aliphatic carbocycles. The minimum absolute atomic E-state index is 0.000437. The van der Waals surface area contributed by atoms with Crippen molar-refractivity contribution in [3.63, 3.8) is 0 Å². The molecule has 2 fully saturated rings. The van der Waals surface area contributed by atoms with E-state index in [1.165, 1.54) is 0 Å². The first-order valence-corrected chi connectivity index (χ1v) is 11.0. The third-order valence-electron chi connectivity index (χ3n) is 5.21. The summed E-state index contributed by atoms with van der Waals surface area (Å²) in [6.45, 7) is 6.46. The van der Waals surface area contributed by atoms with Crippen LogP contribution in [0.3, 0.4) is 0 Å². The summed E-state index contributed by atoms with van der Waals surface area (Å²) in [6, 6.07) is 10.5. The van der Waals surface area contributed by atoms with Gasteiger partial charge in [-0.1, -0.05) is 49.3 Å². The minimum Gasteiger partial charge on any atom is -0.339 e. The van der Waals surface area contributed by atoms with Gasteiger partial charge in [0.25, 0.3) is 0 Å². The summed E-state index contributed by atoms with van der Waals surface area (Å²) < 4.78 is 5.86. The third-order valence-corrected chi connectivity index (χ3v) is 6.15. The van der Waals surface area contributed by atoms with Crippen LogP contribution in [-0.4, -0.2) is 46.6 Å². The molecule has 0 atom stereocenters. The Hall–Kier alpha value is -1.95. The molecule has 0 N–H and O–H groups in total. The van der Waals surface area contributed by atoms with Crippen LogP contribution in [-0.2, 0) is 11.3 Å². The lowest BCUT2D eigenvalue weighted by molar-refractivity contribution is -0.135. The van der Waals surface area contributed by atoms with E-state index in [1.54, 1.807) is 0 Å². The third kappa shape index (κ3) is 4.00. The normalized spacial score (nSPS) is 17.4. The number of carbonyl (C=O) groups excluding carboxylic acids is 1. The van der Waals surface area contributed by atoms with Crippen LogP contribution in [0.15, 0.2) is 34.9 Å². The lowest BCUT2D eigenvalue weighted by Gasteiger charge is -2.29. The van der Waals surface area contributed by atoms with Gasteiger partial charge in [-0.05, 0) is 12.8 Å². The molecule has 4 rings (SSSR count). The van der Waals surface area contributed by atoms with Gasteiger partial charge in [0.15, 0.2) is 0 Å². The van der Waals surface area contributed by atoms with Crippen LogP contribution in [0.1, 0.15) is 32.3 Å². The van der Waals surface area contributed by atoms with Gasteiger partial charge in [-0.15, -0.1) is 0 Å². The number of carbonyl (C=O) groups is 1. The molecule has 1 saturated heterocycles. The Balaban J connectivity index is 1.71. The van der Waals surface area contributed by atoms with Crippen molar-refractivity contribution in [3.8, 4) is 11.3 Å². The molecule has 1 aliphatic heterocycles. The van der Waals surface area contributed by atoms with Gasteiger partial charge in [0.2, 0.25) is 11.8 Å². The number of rotatable bonds is 6.